The molecule has 1 rings (SSSR count). The van der Waals surface area contributed by atoms with Crippen molar-refractivity contribution in [2.24, 2.45) is 0 Å². The molecule has 1 aromatic carbocycles. The third kappa shape index (κ3) is 4.71. The fraction of sp³-hybridized carbons (Fsp3) is 0.500. The van der Waals surface area contributed by atoms with E-state index in [1.54, 1.807) is 6.07 Å². The van der Waals surface area contributed by atoms with Crippen LogP contribution in [-0.2, 0) is 29.7 Å². The maximum absolute atomic E-state index is 11.4. The first kappa shape index (κ1) is 16.3. The maximum atomic E-state index is 11.4. The fourth-order valence-corrected chi connectivity index (χ4v) is 2.78. The Hall–Kier alpha value is -0.710. The number of hydrogen-bond donors (Lipinski definition) is 0. The number of benzene rings is 1. The van der Waals surface area contributed by atoms with Crippen LogP contribution in [-0.4, -0.2) is 14.0 Å². The molecule has 0 aliphatic heterocycles. The summed E-state index contributed by atoms with van der Waals surface area (Å²) in [5.74, 6) is -0.0692. The second-order valence-electron chi connectivity index (χ2n) is 4.46. The summed E-state index contributed by atoms with van der Waals surface area (Å²) in [5.41, 5.74) is 2.99. The smallest absolute Gasteiger partial charge is 0.252 e. The predicted molar refractivity (Wildman–Crippen MR) is 77.2 cm³/mol. The third-order valence-electron chi connectivity index (χ3n) is 3.09. The van der Waals surface area contributed by atoms with Crippen molar-refractivity contribution in [1.82, 2.24) is 0 Å². The molecule has 0 heterocycles. The summed E-state index contributed by atoms with van der Waals surface area (Å²) in [6, 6.07) is 3.56. The second kappa shape index (κ2) is 7.78. The van der Waals surface area contributed by atoms with Gasteiger partial charge in [-0.25, -0.2) is 0 Å². The SMILES string of the molecule is CCCCc1cc(CC)c(C(=O)Cl)cc1CS(=O)[O-]. The van der Waals surface area contributed by atoms with Crippen molar-refractivity contribution < 1.29 is 13.6 Å². The lowest BCUT2D eigenvalue weighted by molar-refractivity contribution is 0.108. The molecule has 0 N–H and O–H groups in total. The quantitative estimate of drug-likeness (QED) is 0.573. The van der Waals surface area contributed by atoms with Crippen LogP contribution in [0, 0.1) is 0 Å². The van der Waals surface area contributed by atoms with Gasteiger partial charge < -0.3 is 4.55 Å². The van der Waals surface area contributed by atoms with Crippen LogP contribution in [0.25, 0.3) is 0 Å². The summed E-state index contributed by atoms with van der Waals surface area (Å²) in [4.78, 5) is 11.4. The Kier molecular flexibility index (Phi) is 6.69. The molecule has 0 fully saturated rings. The average Bonchev–Trinajstić information content (AvgIpc) is 2.35. The van der Waals surface area contributed by atoms with Crippen LogP contribution in [0.2, 0.25) is 0 Å². The van der Waals surface area contributed by atoms with Crippen molar-refractivity contribution in [2.75, 3.05) is 0 Å². The van der Waals surface area contributed by atoms with Crippen molar-refractivity contribution in [3.63, 3.8) is 0 Å². The standard InChI is InChI=1S/C14H19ClO3S/c1-3-5-6-11-7-10(4-2)13(14(15)16)8-12(11)9-19(17)18/h7-8H,3-6,9H2,1-2H3,(H,17,18)/p-1. The predicted octanol–water partition coefficient (Wildman–Crippen LogP) is 3.35. The summed E-state index contributed by atoms with van der Waals surface area (Å²) in [5, 5.41) is -0.531. The number of carbonyl (C=O) groups excluding carboxylic acids is 1. The van der Waals surface area contributed by atoms with Crippen LogP contribution < -0.4 is 0 Å². The molecule has 1 aromatic rings. The highest BCUT2D eigenvalue weighted by atomic mass is 35.5. The van der Waals surface area contributed by atoms with E-state index in [9.17, 15) is 13.6 Å². The lowest BCUT2D eigenvalue weighted by Gasteiger charge is -2.15. The Balaban J connectivity index is 3.25. The van der Waals surface area contributed by atoms with Crippen LogP contribution in [0.15, 0.2) is 12.1 Å². The van der Waals surface area contributed by atoms with Crippen LogP contribution >= 0.6 is 11.6 Å². The van der Waals surface area contributed by atoms with E-state index in [2.05, 4.69) is 6.92 Å². The Morgan fingerprint density at radius 2 is 1.95 bits per heavy atom. The molecule has 0 spiro atoms. The van der Waals surface area contributed by atoms with Gasteiger partial charge in [-0.2, -0.15) is 0 Å². The van der Waals surface area contributed by atoms with Gasteiger partial charge in [0.05, 0.1) is 0 Å². The summed E-state index contributed by atoms with van der Waals surface area (Å²) in [6.07, 6.45) is 3.56. The molecule has 1 unspecified atom stereocenters. The first-order valence-corrected chi connectivity index (χ1v) is 8.02. The summed E-state index contributed by atoms with van der Waals surface area (Å²) in [7, 11) is 0. The molecule has 0 bridgehead atoms. The number of aryl methyl sites for hydroxylation is 2. The molecule has 0 aliphatic rings. The van der Waals surface area contributed by atoms with Gasteiger partial charge in [-0.05, 0) is 53.6 Å². The zero-order chi connectivity index (χ0) is 14.4. The normalized spacial score (nSPS) is 12.4. The average molecular weight is 302 g/mol. The van der Waals surface area contributed by atoms with E-state index in [4.69, 9.17) is 11.6 Å². The van der Waals surface area contributed by atoms with E-state index >= 15 is 0 Å². The molecule has 0 aliphatic carbocycles. The van der Waals surface area contributed by atoms with Gasteiger partial charge in [0.15, 0.2) is 0 Å². The van der Waals surface area contributed by atoms with Gasteiger partial charge in [0.2, 0.25) is 0 Å². The van der Waals surface area contributed by atoms with Gasteiger partial charge in [-0.15, -0.1) is 0 Å². The Labute approximate surface area is 121 Å². The Bertz CT molecular complexity index is 486. The van der Waals surface area contributed by atoms with Gasteiger partial charge in [0, 0.05) is 11.3 Å². The van der Waals surface area contributed by atoms with Crippen molar-refractivity contribution in [3.05, 3.63) is 34.4 Å². The van der Waals surface area contributed by atoms with Gasteiger partial charge in [0.1, 0.15) is 0 Å². The second-order valence-corrected chi connectivity index (χ2v) is 5.70. The molecule has 1 atom stereocenters. The van der Waals surface area contributed by atoms with Crippen molar-refractivity contribution in [1.29, 1.82) is 0 Å². The molecule has 19 heavy (non-hydrogen) atoms. The summed E-state index contributed by atoms with van der Waals surface area (Å²) in [6.45, 7) is 4.04. The zero-order valence-corrected chi connectivity index (χ0v) is 12.8. The lowest BCUT2D eigenvalue weighted by atomic mass is 9.95. The van der Waals surface area contributed by atoms with E-state index in [1.165, 1.54) is 0 Å². The highest BCUT2D eigenvalue weighted by molar-refractivity contribution is 7.78. The largest absolute Gasteiger partial charge is 0.772 e. The third-order valence-corrected chi connectivity index (χ3v) is 3.84. The van der Waals surface area contributed by atoms with E-state index in [-0.39, 0.29) is 5.75 Å². The number of carbonyl (C=O) groups is 1. The molecule has 0 aromatic heterocycles. The maximum Gasteiger partial charge on any atom is 0.252 e. The molecule has 5 heteroatoms. The van der Waals surface area contributed by atoms with E-state index < -0.39 is 16.3 Å². The van der Waals surface area contributed by atoms with Crippen LogP contribution in [0.1, 0.15) is 53.7 Å². The van der Waals surface area contributed by atoms with Crippen molar-refractivity contribution in [3.8, 4) is 0 Å². The van der Waals surface area contributed by atoms with Crippen LogP contribution in [0.3, 0.4) is 0 Å². The minimum Gasteiger partial charge on any atom is -0.772 e. The monoisotopic (exact) mass is 301 g/mol. The first-order valence-electron chi connectivity index (χ1n) is 6.39. The molecule has 0 saturated carbocycles. The molecule has 106 valence electrons. The summed E-state index contributed by atoms with van der Waals surface area (Å²) >= 11 is 3.39. The Morgan fingerprint density at radius 1 is 1.26 bits per heavy atom. The van der Waals surface area contributed by atoms with E-state index in [0.29, 0.717) is 17.5 Å². The molecular formula is C14H18ClO3S-. The van der Waals surface area contributed by atoms with Crippen LogP contribution in [0.5, 0.6) is 0 Å². The number of halogens is 1. The molecular weight excluding hydrogens is 284 g/mol. The minimum atomic E-state index is -2.17. The highest BCUT2D eigenvalue weighted by Crippen LogP contribution is 2.22. The lowest BCUT2D eigenvalue weighted by Crippen LogP contribution is -2.05. The van der Waals surface area contributed by atoms with Gasteiger partial charge in [0.25, 0.3) is 5.24 Å². The van der Waals surface area contributed by atoms with Crippen molar-refractivity contribution in [2.45, 2.75) is 45.3 Å². The van der Waals surface area contributed by atoms with E-state index in [1.807, 2.05) is 13.0 Å². The Morgan fingerprint density at radius 3 is 2.42 bits per heavy atom. The number of unbranched alkanes of at least 4 members (excludes halogenated alkanes) is 1. The van der Waals surface area contributed by atoms with Gasteiger partial charge in [-0.3, -0.25) is 9.00 Å². The van der Waals surface area contributed by atoms with Crippen LogP contribution in [0.4, 0.5) is 0 Å². The van der Waals surface area contributed by atoms with E-state index in [0.717, 1.165) is 30.4 Å². The van der Waals surface area contributed by atoms with Gasteiger partial charge in [-0.1, -0.05) is 37.4 Å². The first-order chi connectivity index (χ1) is 8.99. The topological polar surface area (TPSA) is 57.2 Å². The highest BCUT2D eigenvalue weighted by Gasteiger charge is 2.13. The minimum absolute atomic E-state index is 0.0692. The number of hydrogen-bond acceptors (Lipinski definition) is 3. The number of rotatable bonds is 7. The zero-order valence-electron chi connectivity index (χ0n) is 11.2. The molecule has 0 radical (unpaired) electrons. The molecule has 3 nitrogen and oxygen atoms in total. The fourth-order valence-electron chi connectivity index (χ4n) is 2.08. The molecule has 0 saturated heterocycles. The summed E-state index contributed by atoms with van der Waals surface area (Å²) < 4.78 is 21.8. The van der Waals surface area contributed by atoms with Crippen molar-refractivity contribution >= 4 is 27.9 Å². The molecule has 0 amide bonds. The van der Waals surface area contributed by atoms with Gasteiger partial charge >= 0.3 is 0 Å².